The van der Waals surface area contributed by atoms with Crippen molar-refractivity contribution in [2.75, 3.05) is 25.5 Å². The number of nitrogens with one attached hydrogen (secondary N) is 1. The fourth-order valence-electron chi connectivity index (χ4n) is 2.19. The van der Waals surface area contributed by atoms with Crippen molar-refractivity contribution in [2.45, 2.75) is 4.90 Å². The largest absolute Gasteiger partial charge is 0.457 e. The number of rotatable bonds is 2. The zero-order valence-corrected chi connectivity index (χ0v) is 12.4. The Hall–Kier alpha value is -2.05. The van der Waals surface area contributed by atoms with Gasteiger partial charge in [-0.05, 0) is 24.3 Å². The molecule has 0 bridgehead atoms. The van der Waals surface area contributed by atoms with E-state index < -0.39 is 10.0 Å². The van der Waals surface area contributed by atoms with Crippen molar-refractivity contribution in [3.63, 3.8) is 0 Å². The molecule has 1 aliphatic rings. The summed E-state index contributed by atoms with van der Waals surface area (Å²) < 4.78 is 32.0. The molecular formula is C15H16N2O3S. The third-order valence-corrected chi connectivity index (χ3v) is 5.26. The lowest BCUT2D eigenvalue weighted by Gasteiger charge is -2.14. The lowest BCUT2D eigenvalue weighted by Crippen LogP contribution is -2.28. The molecule has 5 nitrogen and oxygen atoms in total. The molecule has 0 amide bonds. The van der Waals surface area contributed by atoms with Gasteiger partial charge in [0.1, 0.15) is 16.4 Å². The fourth-order valence-corrected chi connectivity index (χ4v) is 3.54. The molecule has 2 aromatic rings. The van der Waals surface area contributed by atoms with E-state index in [1.165, 1.54) is 4.31 Å². The zero-order valence-electron chi connectivity index (χ0n) is 11.6. The Morgan fingerprint density at radius 3 is 2.62 bits per heavy atom. The number of hydrogen-bond acceptors (Lipinski definition) is 4. The van der Waals surface area contributed by atoms with Crippen LogP contribution in [0.3, 0.4) is 0 Å². The molecular weight excluding hydrogens is 288 g/mol. The Morgan fingerprint density at radius 1 is 1.10 bits per heavy atom. The van der Waals surface area contributed by atoms with Crippen LogP contribution in [0.4, 0.5) is 5.69 Å². The van der Waals surface area contributed by atoms with Crippen LogP contribution in [0.5, 0.6) is 11.5 Å². The number of likely N-dealkylation sites (N-methyl/N-ethyl adjacent to an activating group) is 1. The first-order chi connectivity index (χ1) is 10.1. The minimum absolute atomic E-state index is 0.246. The lowest BCUT2D eigenvalue weighted by molar-refractivity contribution is 0.475. The average Bonchev–Trinajstić information content (AvgIpc) is 2.59. The molecule has 6 heteroatoms. The minimum Gasteiger partial charge on any atom is -0.457 e. The van der Waals surface area contributed by atoms with Gasteiger partial charge in [-0.3, -0.25) is 0 Å². The van der Waals surface area contributed by atoms with E-state index in [9.17, 15) is 8.42 Å². The topological polar surface area (TPSA) is 58.6 Å². The maximum Gasteiger partial charge on any atom is 0.245 e. The molecule has 0 saturated carbocycles. The van der Waals surface area contributed by atoms with Crippen molar-refractivity contribution in [3.05, 3.63) is 48.5 Å². The van der Waals surface area contributed by atoms with E-state index in [0.29, 0.717) is 30.3 Å². The summed E-state index contributed by atoms with van der Waals surface area (Å²) in [5.74, 6) is 1.17. The van der Waals surface area contributed by atoms with Gasteiger partial charge in [-0.15, -0.1) is 0 Å². The molecule has 1 aliphatic heterocycles. The Kier molecular flexibility index (Phi) is 3.57. The summed E-state index contributed by atoms with van der Waals surface area (Å²) in [6.07, 6.45) is 0. The van der Waals surface area contributed by atoms with Gasteiger partial charge in [0.25, 0.3) is 0 Å². The van der Waals surface area contributed by atoms with E-state index in [1.807, 2.05) is 30.3 Å². The van der Waals surface area contributed by atoms with Gasteiger partial charge in [-0.2, -0.15) is 4.31 Å². The molecule has 0 unspecified atom stereocenters. The Labute approximate surface area is 124 Å². The van der Waals surface area contributed by atoms with Crippen molar-refractivity contribution in [2.24, 2.45) is 0 Å². The van der Waals surface area contributed by atoms with Crippen molar-refractivity contribution in [1.82, 2.24) is 4.31 Å². The Morgan fingerprint density at radius 2 is 1.86 bits per heavy atom. The zero-order chi connectivity index (χ0) is 14.9. The number of anilines is 1. The van der Waals surface area contributed by atoms with Crippen molar-refractivity contribution in [3.8, 4) is 11.5 Å². The van der Waals surface area contributed by atoms with Crippen LogP contribution < -0.4 is 10.1 Å². The normalized spacial score (nSPS) is 17.4. The number of sulfonamides is 1. The van der Waals surface area contributed by atoms with Crippen LogP contribution in [-0.4, -0.2) is 32.9 Å². The molecule has 0 atom stereocenters. The highest BCUT2D eigenvalue weighted by Gasteiger charge is 2.27. The molecule has 0 radical (unpaired) electrons. The SMILES string of the molecule is CN1CCNc2ccc(Oc3ccccc3)cc2S1(=O)=O. The van der Waals surface area contributed by atoms with Crippen molar-refractivity contribution >= 4 is 15.7 Å². The number of fused-ring (bicyclic) bond motifs is 1. The van der Waals surface area contributed by atoms with E-state index in [4.69, 9.17) is 4.74 Å². The van der Waals surface area contributed by atoms with Crippen LogP contribution in [-0.2, 0) is 10.0 Å². The Balaban J connectivity index is 2.00. The van der Waals surface area contributed by atoms with Crippen LogP contribution >= 0.6 is 0 Å². The van der Waals surface area contributed by atoms with Gasteiger partial charge in [0.05, 0.1) is 5.69 Å². The minimum atomic E-state index is -3.48. The van der Waals surface area contributed by atoms with Gasteiger partial charge in [-0.1, -0.05) is 18.2 Å². The molecule has 0 saturated heterocycles. The number of para-hydroxylation sites is 1. The molecule has 0 aromatic heterocycles. The molecule has 2 aromatic carbocycles. The molecule has 110 valence electrons. The molecule has 0 aliphatic carbocycles. The second-order valence-electron chi connectivity index (χ2n) is 4.83. The monoisotopic (exact) mass is 304 g/mol. The van der Waals surface area contributed by atoms with E-state index in [2.05, 4.69) is 5.32 Å². The predicted octanol–water partition coefficient (Wildman–Crippen LogP) is 2.52. The standard InChI is InChI=1S/C15H16N2O3S/c1-17-10-9-16-14-8-7-13(11-15(14)21(17,18)19)20-12-5-3-2-4-6-12/h2-8,11,16H,9-10H2,1H3. The van der Waals surface area contributed by atoms with Gasteiger partial charge in [0.15, 0.2) is 0 Å². The van der Waals surface area contributed by atoms with Gasteiger partial charge in [0, 0.05) is 26.2 Å². The third-order valence-electron chi connectivity index (χ3n) is 3.36. The predicted molar refractivity (Wildman–Crippen MR) is 81.3 cm³/mol. The maximum absolute atomic E-state index is 12.5. The first-order valence-corrected chi connectivity index (χ1v) is 8.08. The van der Waals surface area contributed by atoms with Gasteiger partial charge in [0.2, 0.25) is 10.0 Å². The molecule has 3 rings (SSSR count). The molecule has 1 heterocycles. The van der Waals surface area contributed by atoms with Crippen LogP contribution in [0.1, 0.15) is 0 Å². The summed E-state index contributed by atoms with van der Waals surface area (Å²) in [5.41, 5.74) is 0.611. The van der Waals surface area contributed by atoms with E-state index in [-0.39, 0.29) is 4.90 Å². The number of nitrogens with zero attached hydrogens (tertiary/aromatic N) is 1. The summed E-state index contributed by atoms with van der Waals surface area (Å²) in [7, 11) is -1.90. The number of benzene rings is 2. The molecule has 1 N–H and O–H groups in total. The molecule has 0 spiro atoms. The average molecular weight is 304 g/mol. The Bertz CT molecular complexity index is 745. The van der Waals surface area contributed by atoms with Gasteiger partial charge in [-0.25, -0.2) is 8.42 Å². The smallest absolute Gasteiger partial charge is 0.245 e. The van der Waals surface area contributed by atoms with Crippen LogP contribution in [0.15, 0.2) is 53.4 Å². The number of hydrogen-bond donors (Lipinski definition) is 1. The van der Waals surface area contributed by atoms with Gasteiger partial charge < -0.3 is 10.1 Å². The number of ether oxygens (including phenoxy) is 1. The summed E-state index contributed by atoms with van der Waals surface area (Å²) in [6, 6.07) is 14.3. The second-order valence-corrected chi connectivity index (χ2v) is 6.84. The van der Waals surface area contributed by atoms with Crippen LogP contribution in [0, 0.1) is 0 Å². The maximum atomic E-state index is 12.5. The van der Waals surface area contributed by atoms with E-state index in [0.717, 1.165) is 0 Å². The molecule has 0 fully saturated rings. The fraction of sp³-hybridized carbons (Fsp3) is 0.200. The highest BCUT2D eigenvalue weighted by molar-refractivity contribution is 7.89. The molecule has 21 heavy (non-hydrogen) atoms. The lowest BCUT2D eigenvalue weighted by atomic mass is 10.3. The van der Waals surface area contributed by atoms with Crippen LogP contribution in [0.2, 0.25) is 0 Å². The quantitative estimate of drug-likeness (QED) is 0.926. The summed E-state index contributed by atoms with van der Waals surface area (Å²) in [4.78, 5) is 0.246. The van der Waals surface area contributed by atoms with Crippen LogP contribution in [0.25, 0.3) is 0 Å². The van der Waals surface area contributed by atoms with Crippen molar-refractivity contribution in [1.29, 1.82) is 0 Å². The van der Waals surface area contributed by atoms with E-state index >= 15 is 0 Å². The highest BCUT2D eigenvalue weighted by Crippen LogP contribution is 2.32. The summed E-state index contributed by atoms with van der Waals surface area (Å²) in [5, 5.41) is 3.13. The second kappa shape index (κ2) is 5.38. The summed E-state index contributed by atoms with van der Waals surface area (Å²) >= 11 is 0. The first-order valence-electron chi connectivity index (χ1n) is 6.64. The summed E-state index contributed by atoms with van der Waals surface area (Å²) in [6.45, 7) is 1.02. The highest BCUT2D eigenvalue weighted by atomic mass is 32.2. The van der Waals surface area contributed by atoms with E-state index in [1.54, 1.807) is 25.2 Å². The van der Waals surface area contributed by atoms with Crippen molar-refractivity contribution < 1.29 is 13.2 Å². The first kappa shape index (κ1) is 13.9. The van der Waals surface area contributed by atoms with Gasteiger partial charge >= 0.3 is 0 Å². The third kappa shape index (κ3) is 2.72.